The van der Waals surface area contributed by atoms with Crippen LogP contribution < -0.4 is 5.32 Å². The highest BCUT2D eigenvalue weighted by molar-refractivity contribution is 5.89. The first-order valence-corrected chi connectivity index (χ1v) is 7.10. The summed E-state index contributed by atoms with van der Waals surface area (Å²) < 4.78 is 6.95. The molecule has 0 spiro atoms. The lowest BCUT2D eigenvalue weighted by Gasteiger charge is -2.07. The van der Waals surface area contributed by atoms with Crippen molar-refractivity contribution in [3.05, 3.63) is 47.3 Å². The number of hydrogen-bond donors (Lipinski definition) is 1. The number of ether oxygens (including phenoxy) is 1. The van der Waals surface area contributed by atoms with Crippen molar-refractivity contribution < 1.29 is 9.53 Å². The highest BCUT2D eigenvalue weighted by atomic mass is 16.5. The molecular formula is C16H21N3O2. The molecule has 0 unspecified atom stereocenters. The third-order valence-electron chi connectivity index (χ3n) is 3.38. The number of hydrogen-bond acceptors (Lipinski definition) is 4. The van der Waals surface area contributed by atoms with Gasteiger partial charge in [0.1, 0.15) is 0 Å². The van der Waals surface area contributed by atoms with Gasteiger partial charge in [-0.2, -0.15) is 5.10 Å². The number of carbonyl (C=O) groups is 1. The van der Waals surface area contributed by atoms with E-state index < -0.39 is 0 Å². The number of nitrogens with one attached hydrogen (secondary N) is 1. The maximum Gasteiger partial charge on any atom is 0.338 e. The Morgan fingerprint density at radius 3 is 2.62 bits per heavy atom. The van der Waals surface area contributed by atoms with Gasteiger partial charge in [-0.1, -0.05) is 6.92 Å². The summed E-state index contributed by atoms with van der Waals surface area (Å²) in [5, 5.41) is 7.53. The van der Waals surface area contributed by atoms with Crippen LogP contribution in [-0.4, -0.2) is 22.4 Å². The molecule has 2 rings (SSSR count). The van der Waals surface area contributed by atoms with Gasteiger partial charge in [0.15, 0.2) is 0 Å². The fraction of sp³-hybridized carbons (Fsp3) is 0.375. The van der Waals surface area contributed by atoms with Gasteiger partial charge in [-0.15, -0.1) is 0 Å². The van der Waals surface area contributed by atoms with Gasteiger partial charge in [-0.05, 0) is 37.6 Å². The van der Waals surface area contributed by atoms with E-state index >= 15 is 0 Å². The number of carbonyl (C=O) groups excluding carboxylic acids is 1. The molecule has 0 aliphatic carbocycles. The van der Waals surface area contributed by atoms with Gasteiger partial charge in [0.2, 0.25) is 0 Å². The van der Waals surface area contributed by atoms with E-state index in [0.717, 1.165) is 23.4 Å². The van der Waals surface area contributed by atoms with Gasteiger partial charge < -0.3 is 10.1 Å². The molecule has 0 aliphatic heterocycles. The van der Waals surface area contributed by atoms with Crippen LogP contribution in [-0.2, 0) is 18.3 Å². The van der Waals surface area contributed by atoms with Gasteiger partial charge >= 0.3 is 5.97 Å². The molecule has 2 aromatic rings. The number of rotatable bonds is 6. The summed E-state index contributed by atoms with van der Waals surface area (Å²) in [6.07, 6.45) is 2.69. The lowest BCUT2D eigenvalue weighted by Crippen LogP contribution is -2.06. The molecule has 21 heavy (non-hydrogen) atoms. The van der Waals surface area contributed by atoms with Crippen molar-refractivity contribution in [1.82, 2.24) is 9.78 Å². The Morgan fingerprint density at radius 2 is 2.05 bits per heavy atom. The molecule has 1 aromatic carbocycles. The minimum absolute atomic E-state index is 0.272. The molecule has 0 fully saturated rings. The van der Waals surface area contributed by atoms with E-state index in [4.69, 9.17) is 4.74 Å². The zero-order chi connectivity index (χ0) is 15.2. The predicted molar refractivity (Wildman–Crippen MR) is 82.3 cm³/mol. The van der Waals surface area contributed by atoms with E-state index in [0.29, 0.717) is 18.7 Å². The highest BCUT2D eigenvalue weighted by Gasteiger charge is 2.07. The van der Waals surface area contributed by atoms with Crippen LogP contribution in [0.5, 0.6) is 0 Å². The molecule has 0 aliphatic rings. The number of benzene rings is 1. The lowest BCUT2D eigenvalue weighted by molar-refractivity contribution is 0.0505. The molecule has 5 heteroatoms. The van der Waals surface area contributed by atoms with Crippen molar-refractivity contribution in [2.24, 2.45) is 7.05 Å². The minimum Gasteiger partial charge on any atom is -0.462 e. The second kappa shape index (κ2) is 6.92. The Kier molecular flexibility index (Phi) is 4.98. The van der Waals surface area contributed by atoms with Crippen LogP contribution in [0.2, 0.25) is 0 Å². The topological polar surface area (TPSA) is 56.1 Å². The molecule has 1 N–H and O–H groups in total. The molecule has 0 saturated heterocycles. The molecule has 0 amide bonds. The summed E-state index contributed by atoms with van der Waals surface area (Å²) in [5.74, 6) is -0.272. The average Bonchev–Trinajstić information content (AvgIpc) is 2.83. The Hall–Kier alpha value is -2.30. The van der Waals surface area contributed by atoms with Crippen molar-refractivity contribution in [2.45, 2.75) is 26.8 Å². The van der Waals surface area contributed by atoms with E-state index in [1.807, 2.05) is 43.9 Å². The normalized spacial score (nSPS) is 10.4. The number of esters is 1. The monoisotopic (exact) mass is 287 g/mol. The summed E-state index contributed by atoms with van der Waals surface area (Å²) in [5.41, 5.74) is 3.84. The number of aromatic nitrogens is 2. The van der Waals surface area contributed by atoms with E-state index in [1.165, 1.54) is 0 Å². The molecule has 1 aromatic heterocycles. The molecule has 0 radical (unpaired) electrons. The molecule has 0 saturated carbocycles. The zero-order valence-electron chi connectivity index (χ0n) is 12.7. The molecule has 112 valence electrons. The van der Waals surface area contributed by atoms with Gasteiger partial charge in [0.25, 0.3) is 0 Å². The summed E-state index contributed by atoms with van der Waals surface area (Å²) in [4.78, 5) is 11.7. The van der Waals surface area contributed by atoms with Gasteiger partial charge in [-0.25, -0.2) is 4.79 Å². The van der Waals surface area contributed by atoms with E-state index in [-0.39, 0.29) is 5.97 Å². The molecular weight excluding hydrogens is 266 g/mol. The van der Waals surface area contributed by atoms with E-state index in [1.54, 1.807) is 12.1 Å². The number of anilines is 1. The van der Waals surface area contributed by atoms with Crippen LogP contribution in [0.15, 0.2) is 30.5 Å². The maximum atomic E-state index is 11.7. The average molecular weight is 287 g/mol. The standard InChI is InChI=1S/C16H21N3O2/c1-4-9-21-16(20)13-5-7-15(8-6-13)17-10-14-11-18-19(3)12(14)2/h5-8,11,17H,4,9-10H2,1-3H3. The fourth-order valence-electron chi connectivity index (χ4n) is 1.92. The largest absolute Gasteiger partial charge is 0.462 e. The second-order valence-corrected chi connectivity index (χ2v) is 4.95. The SMILES string of the molecule is CCCOC(=O)c1ccc(NCc2cnn(C)c2C)cc1. The van der Waals surface area contributed by atoms with E-state index in [2.05, 4.69) is 10.4 Å². The summed E-state index contributed by atoms with van der Waals surface area (Å²) in [6.45, 7) is 5.18. The molecule has 0 atom stereocenters. The summed E-state index contributed by atoms with van der Waals surface area (Å²) >= 11 is 0. The quantitative estimate of drug-likeness (QED) is 0.830. The number of aryl methyl sites for hydroxylation is 1. The first-order chi connectivity index (χ1) is 10.1. The second-order valence-electron chi connectivity index (χ2n) is 4.95. The van der Waals surface area contributed by atoms with E-state index in [9.17, 15) is 4.79 Å². The first-order valence-electron chi connectivity index (χ1n) is 7.10. The Balaban J connectivity index is 1.93. The maximum absolute atomic E-state index is 11.7. The predicted octanol–water partition coefficient (Wildman–Crippen LogP) is 2.91. The fourth-order valence-corrected chi connectivity index (χ4v) is 1.92. The third-order valence-corrected chi connectivity index (χ3v) is 3.38. The Bertz CT molecular complexity index is 602. The van der Waals surface area contributed by atoms with Crippen molar-refractivity contribution in [1.29, 1.82) is 0 Å². The Morgan fingerprint density at radius 1 is 1.33 bits per heavy atom. The lowest BCUT2D eigenvalue weighted by atomic mass is 10.2. The van der Waals surface area contributed by atoms with Crippen molar-refractivity contribution >= 4 is 11.7 Å². The Labute approximate surface area is 124 Å². The van der Waals surface area contributed by atoms with Crippen LogP contribution in [0.4, 0.5) is 5.69 Å². The smallest absolute Gasteiger partial charge is 0.338 e. The highest BCUT2D eigenvalue weighted by Crippen LogP contribution is 2.13. The van der Waals surface area contributed by atoms with Crippen LogP contribution in [0.25, 0.3) is 0 Å². The van der Waals surface area contributed by atoms with Crippen LogP contribution in [0.3, 0.4) is 0 Å². The molecule has 5 nitrogen and oxygen atoms in total. The van der Waals surface area contributed by atoms with Crippen molar-refractivity contribution in [3.8, 4) is 0 Å². The number of nitrogens with zero attached hydrogens (tertiary/aromatic N) is 2. The van der Waals surface area contributed by atoms with Crippen molar-refractivity contribution in [3.63, 3.8) is 0 Å². The third kappa shape index (κ3) is 3.84. The zero-order valence-corrected chi connectivity index (χ0v) is 12.7. The van der Waals surface area contributed by atoms with Crippen LogP contribution in [0, 0.1) is 6.92 Å². The van der Waals surface area contributed by atoms with Crippen LogP contribution in [0.1, 0.15) is 35.0 Å². The van der Waals surface area contributed by atoms with Gasteiger partial charge in [0, 0.05) is 30.5 Å². The first kappa shape index (κ1) is 15.1. The summed E-state index contributed by atoms with van der Waals surface area (Å²) in [6, 6.07) is 7.31. The van der Waals surface area contributed by atoms with Gasteiger partial charge in [-0.3, -0.25) is 4.68 Å². The van der Waals surface area contributed by atoms with Gasteiger partial charge in [0.05, 0.1) is 18.4 Å². The van der Waals surface area contributed by atoms with Crippen molar-refractivity contribution in [2.75, 3.05) is 11.9 Å². The molecule has 1 heterocycles. The molecule has 0 bridgehead atoms. The van der Waals surface area contributed by atoms with Crippen LogP contribution >= 0.6 is 0 Å². The summed E-state index contributed by atoms with van der Waals surface area (Å²) in [7, 11) is 1.93. The minimum atomic E-state index is -0.272.